The molecular weight excluding hydrogens is 474 g/mol. The van der Waals surface area contributed by atoms with E-state index in [1.54, 1.807) is 6.20 Å². The smallest absolute Gasteiger partial charge is 0.325 e. The summed E-state index contributed by atoms with van der Waals surface area (Å²) in [6.45, 7) is 4.56. The first kappa shape index (κ1) is 26.5. The first-order valence-electron chi connectivity index (χ1n) is 13.1. The number of aromatic amines is 2. The fourth-order valence-corrected chi connectivity index (χ4v) is 5.14. The van der Waals surface area contributed by atoms with Gasteiger partial charge in [0.2, 0.25) is 0 Å². The summed E-state index contributed by atoms with van der Waals surface area (Å²) in [5.41, 5.74) is 3.55. The molecule has 1 atom stereocenters. The average Bonchev–Trinajstić information content (AvgIpc) is 2.92. The summed E-state index contributed by atoms with van der Waals surface area (Å²) in [4.78, 5) is 36.6. The lowest BCUT2D eigenvalue weighted by Gasteiger charge is -2.34. The number of benzene rings is 1. The Morgan fingerprint density at radius 1 is 1.03 bits per heavy atom. The maximum absolute atomic E-state index is 13.7. The van der Waals surface area contributed by atoms with Crippen LogP contribution in [0.15, 0.2) is 64.3 Å². The van der Waals surface area contributed by atoms with Gasteiger partial charge in [-0.3, -0.25) is 9.78 Å². The van der Waals surface area contributed by atoms with Crippen LogP contribution in [0.4, 0.5) is 14.6 Å². The number of hydrogen-bond acceptors (Lipinski definition) is 4. The van der Waals surface area contributed by atoms with Gasteiger partial charge in [0.1, 0.15) is 5.82 Å². The number of pyridine rings is 1. The first-order valence-corrected chi connectivity index (χ1v) is 13.1. The number of allylic oxidation sites excluding steroid dienone is 2. The minimum Gasteiger partial charge on any atom is -0.356 e. The van der Waals surface area contributed by atoms with E-state index in [1.807, 2.05) is 61.2 Å². The molecule has 1 aliphatic carbocycles. The second kappa shape index (κ2) is 11.7. The topological polar surface area (TPSA) is 81.8 Å². The number of nitrogens with one attached hydrogen (secondary N) is 2. The molecular formula is C29H34F2N4O2. The van der Waals surface area contributed by atoms with Crippen LogP contribution in [-0.4, -0.2) is 34.0 Å². The molecule has 1 fully saturated rings. The van der Waals surface area contributed by atoms with Crippen LogP contribution in [0, 0.1) is 0 Å². The largest absolute Gasteiger partial charge is 0.356 e. The SMILES string of the molecule is CC.O=c1[nH]c(C2CC=C(c3cccnc3N3CCC(F)(F)CC3)CC2)c(Cc2ccccc2)c(=O)[nH]1. The van der Waals surface area contributed by atoms with E-state index in [1.165, 1.54) is 0 Å². The predicted octanol–water partition coefficient (Wildman–Crippen LogP) is 5.66. The Bertz CT molecular complexity index is 1340. The van der Waals surface area contributed by atoms with Crippen molar-refractivity contribution in [2.24, 2.45) is 0 Å². The Morgan fingerprint density at radius 3 is 2.43 bits per heavy atom. The molecule has 0 bridgehead atoms. The zero-order chi connectivity index (χ0) is 26.4. The highest BCUT2D eigenvalue weighted by atomic mass is 19.3. The van der Waals surface area contributed by atoms with Crippen LogP contribution in [-0.2, 0) is 6.42 Å². The third kappa shape index (κ3) is 6.24. The van der Waals surface area contributed by atoms with Gasteiger partial charge in [-0.05, 0) is 42.5 Å². The third-order valence-electron chi connectivity index (χ3n) is 7.04. The van der Waals surface area contributed by atoms with E-state index in [0.29, 0.717) is 24.1 Å². The molecule has 1 aliphatic heterocycles. The number of piperidine rings is 1. The van der Waals surface area contributed by atoms with E-state index in [-0.39, 0.29) is 37.4 Å². The molecule has 0 saturated carbocycles. The van der Waals surface area contributed by atoms with Crippen molar-refractivity contribution in [3.05, 3.63) is 98.0 Å². The van der Waals surface area contributed by atoms with Crippen molar-refractivity contribution in [2.75, 3.05) is 18.0 Å². The summed E-state index contributed by atoms with van der Waals surface area (Å²) in [6, 6.07) is 13.6. The molecule has 0 spiro atoms. The molecule has 37 heavy (non-hydrogen) atoms. The standard InChI is InChI=1S/C27H28F2N4O2.C2H6/c28-27(29)12-15-33(16-13-27)24-21(7-4-14-30-24)19-8-10-20(11-9-19)23-22(25(34)32-26(35)31-23)17-18-5-2-1-3-6-18;1-2/h1-8,14,20H,9-13,15-17H2,(H2,31,32,34,35);1-2H3. The Kier molecular flexibility index (Phi) is 8.36. The summed E-state index contributed by atoms with van der Waals surface area (Å²) in [5.74, 6) is -1.84. The normalized spacial score (nSPS) is 19.0. The van der Waals surface area contributed by atoms with Gasteiger partial charge in [-0.2, -0.15) is 0 Å². The summed E-state index contributed by atoms with van der Waals surface area (Å²) in [7, 11) is 0. The Hall–Kier alpha value is -3.55. The van der Waals surface area contributed by atoms with Crippen molar-refractivity contribution >= 4 is 11.4 Å². The highest BCUT2D eigenvalue weighted by molar-refractivity contribution is 5.75. The molecule has 1 aromatic carbocycles. The number of alkyl halides is 2. The average molecular weight is 509 g/mol. The van der Waals surface area contributed by atoms with Crippen LogP contribution in [0.25, 0.3) is 5.57 Å². The van der Waals surface area contributed by atoms with E-state index in [0.717, 1.165) is 35.4 Å². The van der Waals surface area contributed by atoms with Gasteiger partial charge >= 0.3 is 5.69 Å². The molecule has 0 amide bonds. The maximum Gasteiger partial charge on any atom is 0.325 e. The van der Waals surface area contributed by atoms with E-state index < -0.39 is 11.6 Å². The zero-order valence-corrected chi connectivity index (χ0v) is 21.4. The van der Waals surface area contributed by atoms with Gasteiger partial charge in [0.05, 0.1) is 0 Å². The van der Waals surface area contributed by atoms with Crippen LogP contribution in [0.5, 0.6) is 0 Å². The van der Waals surface area contributed by atoms with Crippen molar-refractivity contribution in [3.63, 3.8) is 0 Å². The minimum absolute atomic E-state index is 0.0151. The fourth-order valence-electron chi connectivity index (χ4n) is 5.14. The second-order valence-corrected chi connectivity index (χ2v) is 9.38. The van der Waals surface area contributed by atoms with Crippen molar-refractivity contribution in [1.29, 1.82) is 0 Å². The lowest BCUT2D eigenvalue weighted by atomic mass is 9.83. The van der Waals surface area contributed by atoms with Crippen LogP contribution < -0.4 is 16.1 Å². The van der Waals surface area contributed by atoms with Crippen LogP contribution in [0.3, 0.4) is 0 Å². The van der Waals surface area contributed by atoms with Gasteiger partial charge in [-0.15, -0.1) is 0 Å². The molecule has 1 unspecified atom stereocenters. The molecule has 3 heterocycles. The highest BCUT2D eigenvalue weighted by Crippen LogP contribution is 2.39. The summed E-state index contributed by atoms with van der Waals surface area (Å²) in [6.07, 6.45) is 6.14. The molecule has 6 nitrogen and oxygen atoms in total. The number of hydrogen-bond donors (Lipinski definition) is 2. The molecule has 2 N–H and O–H groups in total. The number of halogens is 2. The van der Waals surface area contributed by atoms with Gasteiger partial charge in [-0.1, -0.05) is 50.3 Å². The summed E-state index contributed by atoms with van der Waals surface area (Å²) in [5, 5.41) is 0. The van der Waals surface area contributed by atoms with Crippen molar-refractivity contribution in [1.82, 2.24) is 15.0 Å². The number of rotatable bonds is 5. The van der Waals surface area contributed by atoms with E-state index >= 15 is 0 Å². The number of nitrogens with zero attached hydrogens (tertiary/aromatic N) is 2. The fraction of sp³-hybridized carbons (Fsp3) is 0.414. The lowest BCUT2D eigenvalue weighted by molar-refractivity contribution is -0.0221. The molecule has 196 valence electrons. The van der Waals surface area contributed by atoms with Crippen molar-refractivity contribution in [2.45, 2.75) is 64.2 Å². The van der Waals surface area contributed by atoms with Gasteiger partial charge < -0.3 is 9.88 Å². The van der Waals surface area contributed by atoms with E-state index in [2.05, 4.69) is 21.0 Å². The van der Waals surface area contributed by atoms with Crippen molar-refractivity contribution < 1.29 is 8.78 Å². The quantitative estimate of drug-likeness (QED) is 0.466. The van der Waals surface area contributed by atoms with Crippen molar-refractivity contribution in [3.8, 4) is 0 Å². The Balaban J connectivity index is 0.00000156. The molecule has 2 aliphatic rings. The monoisotopic (exact) mass is 508 g/mol. The third-order valence-corrected chi connectivity index (χ3v) is 7.04. The molecule has 0 radical (unpaired) electrons. The maximum atomic E-state index is 13.7. The van der Waals surface area contributed by atoms with Crippen LogP contribution in [0.2, 0.25) is 0 Å². The van der Waals surface area contributed by atoms with Gasteiger partial charge in [0.25, 0.3) is 11.5 Å². The number of anilines is 1. The van der Waals surface area contributed by atoms with Gasteiger partial charge in [-0.25, -0.2) is 18.6 Å². The molecule has 2 aromatic heterocycles. The minimum atomic E-state index is -2.61. The lowest BCUT2D eigenvalue weighted by Crippen LogP contribution is -2.40. The van der Waals surface area contributed by atoms with Gasteiger partial charge in [0, 0.05) is 61.3 Å². The van der Waals surface area contributed by atoms with E-state index in [9.17, 15) is 18.4 Å². The number of aromatic nitrogens is 3. The molecule has 1 saturated heterocycles. The van der Waals surface area contributed by atoms with E-state index in [4.69, 9.17) is 0 Å². The highest BCUT2D eigenvalue weighted by Gasteiger charge is 2.35. The predicted molar refractivity (Wildman–Crippen MR) is 143 cm³/mol. The Labute approximate surface area is 215 Å². The Morgan fingerprint density at radius 2 is 1.76 bits per heavy atom. The molecule has 3 aromatic rings. The zero-order valence-electron chi connectivity index (χ0n) is 21.4. The second-order valence-electron chi connectivity index (χ2n) is 9.38. The summed E-state index contributed by atoms with van der Waals surface area (Å²) >= 11 is 0. The molecule has 8 heteroatoms. The van der Waals surface area contributed by atoms with Crippen LogP contribution in [0.1, 0.15) is 74.3 Å². The summed E-state index contributed by atoms with van der Waals surface area (Å²) < 4.78 is 27.3. The van der Waals surface area contributed by atoms with Gasteiger partial charge in [0.15, 0.2) is 0 Å². The first-order chi connectivity index (χ1) is 17.9. The number of H-pyrrole nitrogens is 2. The molecule has 5 rings (SSSR count). The van der Waals surface area contributed by atoms with Crippen LogP contribution >= 0.6 is 0 Å².